The average Bonchev–Trinajstić information content (AvgIpc) is 2.55. The van der Waals surface area contributed by atoms with Gasteiger partial charge in [-0.2, -0.15) is 0 Å². The summed E-state index contributed by atoms with van der Waals surface area (Å²) in [5, 5.41) is 0. The summed E-state index contributed by atoms with van der Waals surface area (Å²) in [6.07, 6.45) is 5.64. The molecule has 1 nitrogen and oxygen atoms in total. The zero-order valence-corrected chi connectivity index (χ0v) is 13.3. The summed E-state index contributed by atoms with van der Waals surface area (Å²) in [7, 11) is 0. The van der Waals surface area contributed by atoms with Gasteiger partial charge in [-0.25, -0.2) is 0 Å². The Kier molecular flexibility index (Phi) is 5.62. The van der Waals surface area contributed by atoms with Crippen molar-refractivity contribution in [1.29, 1.82) is 0 Å². The molecule has 0 heterocycles. The van der Waals surface area contributed by atoms with Crippen LogP contribution in [-0.4, -0.2) is 6.54 Å². The smallest absolute Gasteiger partial charge is 0.0449 e. The van der Waals surface area contributed by atoms with Crippen LogP contribution in [0.1, 0.15) is 38.7 Å². The average molecular weight is 279 g/mol. The number of benzene rings is 2. The Morgan fingerprint density at radius 1 is 0.952 bits per heavy atom. The second-order valence-corrected chi connectivity index (χ2v) is 5.26. The van der Waals surface area contributed by atoms with Crippen LogP contribution >= 0.6 is 0 Å². The van der Waals surface area contributed by atoms with Crippen LogP contribution in [0.15, 0.2) is 66.7 Å². The van der Waals surface area contributed by atoms with Crippen LogP contribution in [0.25, 0.3) is 0 Å². The topological polar surface area (TPSA) is 3.24 Å². The van der Waals surface area contributed by atoms with Gasteiger partial charge in [0.2, 0.25) is 0 Å². The molecule has 2 aromatic carbocycles. The Morgan fingerprint density at radius 2 is 1.62 bits per heavy atom. The van der Waals surface area contributed by atoms with E-state index in [0.29, 0.717) is 5.92 Å². The van der Waals surface area contributed by atoms with Crippen molar-refractivity contribution in [3.05, 3.63) is 72.3 Å². The van der Waals surface area contributed by atoms with Crippen LogP contribution in [0, 0.1) is 0 Å². The summed E-state index contributed by atoms with van der Waals surface area (Å²) in [6.45, 7) is 7.61. The van der Waals surface area contributed by atoms with Gasteiger partial charge in [0.25, 0.3) is 0 Å². The minimum absolute atomic E-state index is 0.430. The highest BCUT2D eigenvalue weighted by Gasteiger charge is 2.13. The van der Waals surface area contributed by atoms with Crippen molar-refractivity contribution in [2.45, 2.75) is 33.1 Å². The van der Waals surface area contributed by atoms with Crippen molar-refractivity contribution in [2.24, 2.45) is 0 Å². The van der Waals surface area contributed by atoms with Gasteiger partial charge < -0.3 is 4.90 Å². The minimum atomic E-state index is 0.430. The van der Waals surface area contributed by atoms with Crippen LogP contribution in [0.3, 0.4) is 0 Å². The number of para-hydroxylation sites is 2. The molecule has 0 saturated heterocycles. The second-order valence-electron chi connectivity index (χ2n) is 5.26. The van der Waals surface area contributed by atoms with E-state index in [-0.39, 0.29) is 0 Å². The Morgan fingerprint density at radius 3 is 2.29 bits per heavy atom. The number of allylic oxidation sites excluding steroid dienone is 2. The van der Waals surface area contributed by atoms with Gasteiger partial charge in [-0.1, -0.05) is 62.4 Å². The number of anilines is 2. The largest absolute Gasteiger partial charge is 0.342 e. The van der Waals surface area contributed by atoms with Gasteiger partial charge in [-0.3, -0.25) is 0 Å². The van der Waals surface area contributed by atoms with Gasteiger partial charge in [-0.15, -0.1) is 0 Å². The van der Waals surface area contributed by atoms with Gasteiger partial charge in [-0.05, 0) is 37.1 Å². The molecule has 1 atom stereocenters. The zero-order chi connectivity index (χ0) is 15.1. The molecule has 0 N–H and O–H groups in total. The maximum absolute atomic E-state index is 2.38. The minimum Gasteiger partial charge on any atom is -0.342 e. The lowest BCUT2D eigenvalue weighted by Crippen LogP contribution is -2.18. The molecule has 1 heteroatoms. The quantitative estimate of drug-likeness (QED) is 0.594. The van der Waals surface area contributed by atoms with Crippen molar-refractivity contribution in [3.8, 4) is 0 Å². The molecule has 0 bridgehead atoms. The molecule has 110 valence electrons. The lowest BCUT2D eigenvalue weighted by Gasteiger charge is -2.27. The van der Waals surface area contributed by atoms with Crippen LogP contribution in [0.5, 0.6) is 0 Å². The fourth-order valence-electron chi connectivity index (χ4n) is 2.66. The summed E-state index contributed by atoms with van der Waals surface area (Å²) in [4.78, 5) is 2.38. The Balaban J connectivity index is 2.40. The third kappa shape index (κ3) is 3.75. The van der Waals surface area contributed by atoms with E-state index in [1.165, 1.54) is 16.9 Å². The van der Waals surface area contributed by atoms with Crippen molar-refractivity contribution < 1.29 is 0 Å². The predicted octanol–water partition coefficient (Wildman–Crippen LogP) is 5.91. The zero-order valence-electron chi connectivity index (χ0n) is 13.3. The van der Waals surface area contributed by atoms with E-state index in [0.717, 1.165) is 13.0 Å². The van der Waals surface area contributed by atoms with Gasteiger partial charge in [0.05, 0.1) is 0 Å². The van der Waals surface area contributed by atoms with Crippen molar-refractivity contribution in [2.75, 3.05) is 11.4 Å². The molecule has 0 radical (unpaired) electrons. The van der Waals surface area contributed by atoms with Gasteiger partial charge in [0, 0.05) is 23.8 Å². The molecule has 2 rings (SSSR count). The second kappa shape index (κ2) is 7.68. The molecule has 0 amide bonds. The first-order chi connectivity index (χ1) is 10.3. The van der Waals surface area contributed by atoms with Crippen molar-refractivity contribution >= 4 is 11.4 Å². The molecule has 0 fully saturated rings. The number of rotatable bonds is 6. The highest BCUT2D eigenvalue weighted by molar-refractivity contribution is 5.67. The maximum atomic E-state index is 2.38. The van der Waals surface area contributed by atoms with E-state index in [1.807, 2.05) is 0 Å². The third-order valence-corrected chi connectivity index (χ3v) is 3.76. The fraction of sp³-hybridized carbons (Fsp3) is 0.300. The first-order valence-electron chi connectivity index (χ1n) is 7.86. The summed E-state index contributed by atoms with van der Waals surface area (Å²) in [6, 6.07) is 19.3. The molecule has 0 aromatic heterocycles. The number of hydrogen-bond donors (Lipinski definition) is 0. The predicted molar refractivity (Wildman–Crippen MR) is 93.4 cm³/mol. The van der Waals surface area contributed by atoms with Gasteiger partial charge in [0.1, 0.15) is 0 Å². The van der Waals surface area contributed by atoms with Crippen LogP contribution in [0.4, 0.5) is 11.4 Å². The van der Waals surface area contributed by atoms with E-state index < -0.39 is 0 Å². The highest BCUT2D eigenvalue weighted by atomic mass is 15.1. The molecule has 0 saturated carbocycles. The van der Waals surface area contributed by atoms with E-state index >= 15 is 0 Å². The molecule has 0 spiro atoms. The molecule has 0 aliphatic heterocycles. The fourth-order valence-corrected chi connectivity index (χ4v) is 2.66. The highest BCUT2D eigenvalue weighted by Crippen LogP contribution is 2.33. The van der Waals surface area contributed by atoms with Gasteiger partial charge in [0.15, 0.2) is 0 Å². The lowest BCUT2D eigenvalue weighted by atomic mass is 9.97. The van der Waals surface area contributed by atoms with Crippen molar-refractivity contribution in [3.63, 3.8) is 0 Å². The molecule has 2 aromatic rings. The van der Waals surface area contributed by atoms with E-state index in [1.54, 1.807) is 0 Å². The third-order valence-electron chi connectivity index (χ3n) is 3.76. The Labute approximate surface area is 128 Å². The van der Waals surface area contributed by atoms with E-state index in [2.05, 4.69) is 92.4 Å². The molecule has 21 heavy (non-hydrogen) atoms. The summed E-state index contributed by atoms with van der Waals surface area (Å²) < 4.78 is 0. The van der Waals surface area contributed by atoms with Crippen molar-refractivity contribution in [1.82, 2.24) is 0 Å². The monoisotopic (exact) mass is 279 g/mol. The Hall–Kier alpha value is -2.02. The summed E-state index contributed by atoms with van der Waals surface area (Å²) in [5.41, 5.74) is 3.94. The molecule has 0 aliphatic rings. The first-order valence-corrected chi connectivity index (χ1v) is 7.86. The summed E-state index contributed by atoms with van der Waals surface area (Å²) in [5.74, 6) is 0.430. The Bertz CT molecular complexity index is 571. The van der Waals surface area contributed by atoms with E-state index in [4.69, 9.17) is 0 Å². The maximum Gasteiger partial charge on any atom is 0.0449 e. The van der Waals surface area contributed by atoms with E-state index in [9.17, 15) is 0 Å². The molecular formula is C20H25N. The van der Waals surface area contributed by atoms with Crippen LogP contribution in [-0.2, 0) is 0 Å². The molecular weight excluding hydrogens is 254 g/mol. The summed E-state index contributed by atoms with van der Waals surface area (Å²) >= 11 is 0. The number of nitrogens with zero attached hydrogens (tertiary/aromatic N) is 1. The first kappa shape index (κ1) is 15.4. The van der Waals surface area contributed by atoms with Gasteiger partial charge >= 0.3 is 0 Å². The molecule has 0 aliphatic carbocycles. The molecule has 1 unspecified atom stereocenters. The van der Waals surface area contributed by atoms with Crippen LogP contribution in [0.2, 0.25) is 0 Å². The number of hydrogen-bond acceptors (Lipinski definition) is 1. The van der Waals surface area contributed by atoms with Crippen LogP contribution < -0.4 is 4.90 Å². The normalized spacial score (nSPS) is 12.5. The standard InChI is InChI=1S/C20H25N/c1-4-6-12-17(3)19-15-10-11-16-20(19)21(5-2)18-13-8-7-9-14-18/h6-17H,4-5H2,1-3H3/b12-6-. The lowest BCUT2D eigenvalue weighted by molar-refractivity contribution is 0.928. The SMILES string of the molecule is CC/C=C\C(C)c1ccccc1N(CC)c1ccccc1.